The quantitative estimate of drug-likeness (QED) is 0.394. The topological polar surface area (TPSA) is 25.8 Å². The molecule has 0 N–H and O–H groups in total. The summed E-state index contributed by atoms with van der Waals surface area (Å²) in [5.74, 6) is 0.527. The van der Waals surface area contributed by atoms with E-state index in [-0.39, 0.29) is 0 Å². The number of thiophene rings is 1. The SMILES string of the molecule is Clc1nc(-c2ccc(Br)s2)nc(Cl)c1-c1cccc(Br)c1. The molecule has 2 heterocycles. The van der Waals surface area contributed by atoms with Crippen LogP contribution < -0.4 is 0 Å². The molecule has 0 saturated heterocycles. The van der Waals surface area contributed by atoms with Crippen LogP contribution in [0.3, 0.4) is 0 Å². The van der Waals surface area contributed by atoms with Crippen molar-refractivity contribution in [2.45, 2.75) is 0 Å². The van der Waals surface area contributed by atoms with Gasteiger partial charge in [0.25, 0.3) is 0 Å². The van der Waals surface area contributed by atoms with Crippen molar-refractivity contribution >= 4 is 66.4 Å². The van der Waals surface area contributed by atoms with Crippen molar-refractivity contribution in [3.63, 3.8) is 0 Å². The van der Waals surface area contributed by atoms with Crippen molar-refractivity contribution in [3.05, 3.63) is 55.0 Å². The second-order valence-corrected chi connectivity index (χ2v) is 8.21. The Morgan fingerprint density at radius 2 is 1.67 bits per heavy atom. The lowest BCUT2D eigenvalue weighted by atomic mass is 10.1. The molecule has 106 valence electrons. The first-order chi connectivity index (χ1) is 10.0. The van der Waals surface area contributed by atoms with E-state index in [2.05, 4.69) is 41.8 Å². The molecule has 21 heavy (non-hydrogen) atoms. The van der Waals surface area contributed by atoms with E-state index in [1.165, 1.54) is 11.3 Å². The second kappa shape index (κ2) is 6.34. The van der Waals surface area contributed by atoms with Crippen molar-refractivity contribution in [1.29, 1.82) is 0 Å². The third-order valence-electron chi connectivity index (χ3n) is 2.73. The number of aromatic nitrogens is 2. The molecular weight excluding hydrogens is 459 g/mol. The minimum absolute atomic E-state index is 0.340. The first kappa shape index (κ1) is 15.4. The van der Waals surface area contributed by atoms with Crippen LogP contribution in [0.25, 0.3) is 21.8 Å². The van der Waals surface area contributed by atoms with Crippen LogP contribution >= 0.6 is 66.4 Å². The minimum atomic E-state index is 0.340. The molecule has 0 atom stereocenters. The van der Waals surface area contributed by atoms with Gasteiger partial charge < -0.3 is 0 Å². The van der Waals surface area contributed by atoms with Crippen LogP contribution in [0.1, 0.15) is 0 Å². The summed E-state index contributed by atoms with van der Waals surface area (Å²) in [6.07, 6.45) is 0. The minimum Gasteiger partial charge on any atom is -0.215 e. The zero-order chi connectivity index (χ0) is 15.0. The number of halogens is 4. The van der Waals surface area contributed by atoms with Gasteiger partial charge in [-0.15, -0.1) is 11.3 Å². The largest absolute Gasteiger partial charge is 0.215 e. The molecule has 0 saturated carbocycles. The molecule has 0 unspecified atom stereocenters. The summed E-state index contributed by atoms with van der Waals surface area (Å²) in [5.41, 5.74) is 1.51. The van der Waals surface area contributed by atoms with Gasteiger partial charge in [-0.05, 0) is 45.8 Å². The van der Waals surface area contributed by atoms with Crippen LogP contribution in [0.15, 0.2) is 44.7 Å². The fourth-order valence-electron chi connectivity index (χ4n) is 1.83. The molecule has 2 aromatic heterocycles. The first-order valence-electron chi connectivity index (χ1n) is 5.79. The van der Waals surface area contributed by atoms with E-state index in [0.29, 0.717) is 21.7 Å². The maximum atomic E-state index is 6.32. The van der Waals surface area contributed by atoms with Crippen molar-refractivity contribution < 1.29 is 0 Å². The van der Waals surface area contributed by atoms with Gasteiger partial charge in [0.15, 0.2) is 5.82 Å². The number of hydrogen-bond donors (Lipinski definition) is 0. The summed E-state index contributed by atoms with van der Waals surface area (Å²) >= 11 is 21.0. The van der Waals surface area contributed by atoms with Crippen LogP contribution in [-0.4, -0.2) is 9.97 Å². The average molecular weight is 465 g/mol. The van der Waals surface area contributed by atoms with Gasteiger partial charge in [0.1, 0.15) is 10.3 Å². The number of rotatable bonds is 2. The molecule has 7 heteroatoms. The lowest BCUT2D eigenvalue weighted by Crippen LogP contribution is -1.93. The number of nitrogens with zero attached hydrogens (tertiary/aromatic N) is 2. The molecular formula is C14H6Br2Cl2N2S. The van der Waals surface area contributed by atoms with Gasteiger partial charge >= 0.3 is 0 Å². The van der Waals surface area contributed by atoms with Gasteiger partial charge in [-0.2, -0.15) is 0 Å². The van der Waals surface area contributed by atoms with E-state index in [1.807, 2.05) is 36.4 Å². The molecule has 2 nitrogen and oxygen atoms in total. The predicted molar refractivity (Wildman–Crippen MR) is 96.2 cm³/mol. The summed E-state index contributed by atoms with van der Waals surface area (Å²) in [6, 6.07) is 11.6. The predicted octanol–water partition coefficient (Wildman–Crippen LogP) is 6.70. The Balaban J connectivity index is 2.12. The molecule has 0 aliphatic heterocycles. The second-order valence-electron chi connectivity index (χ2n) is 4.12. The Hall–Kier alpha value is -0.460. The van der Waals surface area contributed by atoms with E-state index in [0.717, 1.165) is 18.7 Å². The van der Waals surface area contributed by atoms with Gasteiger partial charge in [0.2, 0.25) is 0 Å². The number of hydrogen-bond acceptors (Lipinski definition) is 3. The molecule has 0 radical (unpaired) electrons. The van der Waals surface area contributed by atoms with Crippen LogP contribution in [-0.2, 0) is 0 Å². The summed E-state index contributed by atoms with van der Waals surface area (Å²) in [6.45, 7) is 0. The zero-order valence-electron chi connectivity index (χ0n) is 10.3. The number of benzene rings is 1. The normalized spacial score (nSPS) is 10.9. The van der Waals surface area contributed by atoms with Crippen LogP contribution in [0.5, 0.6) is 0 Å². The Morgan fingerprint density at radius 3 is 2.24 bits per heavy atom. The highest BCUT2D eigenvalue weighted by atomic mass is 79.9. The van der Waals surface area contributed by atoms with Crippen molar-refractivity contribution in [2.75, 3.05) is 0 Å². The van der Waals surface area contributed by atoms with Gasteiger partial charge in [0, 0.05) is 4.47 Å². The molecule has 0 amide bonds. The highest BCUT2D eigenvalue weighted by Crippen LogP contribution is 2.37. The van der Waals surface area contributed by atoms with E-state index < -0.39 is 0 Å². The molecule has 0 fully saturated rings. The highest BCUT2D eigenvalue weighted by molar-refractivity contribution is 9.11. The monoisotopic (exact) mass is 462 g/mol. The first-order valence-corrected chi connectivity index (χ1v) is 8.95. The van der Waals surface area contributed by atoms with Gasteiger partial charge in [-0.25, -0.2) is 9.97 Å². The van der Waals surface area contributed by atoms with Gasteiger partial charge in [-0.3, -0.25) is 0 Å². The fraction of sp³-hybridized carbons (Fsp3) is 0. The van der Waals surface area contributed by atoms with E-state index in [4.69, 9.17) is 23.2 Å². The van der Waals surface area contributed by atoms with Gasteiger partial charge in [-0.1, -0.05) is 51.3 Å². The lowest BCUT2D eigenvalue weighted by molar-refractivity contribution is 1.19. The highest BCUT2D eigenvalue weighted by Gasteiger charge is 2.15. The van der Waals surface area contributed by atoms with Crippen molar-refractivity contribution in [1.82, 2.24) is 9.97 Å². The fourth-order valence-corrected chi connectivity index (χ4v) is 4.16. The average Bonchev–Trinajstić information content (AvgIpc) is 2.85. The third kappa shape index (κ3) is 3.32. The smallest absolute Gasteiger partial charge is 0.172 e. The van der Waals surface area contributed by atoms with Crippen molar-refractivity contribution in [2.24, 2.45) is 0 Å². The Kier molecular flexibility index (Phi) is 4.66. The third-order valence-corrected chi connectivity index (χ3v) is 5.39. The molecule has 3 aromatic rings. The zero-order valence-corrected chi connectivity index (χ0v) is 15.8. The Bertz CT molecular complexity index is 797. The standard InChI is InChI=1S/C14H6Br2Cl2N2S/c15-8-3-1-2-7(6-8)11-12(17)19-14(20-13(11)18)9-4-5-10(16)21-9/h1-6H. The van der Waals surface area contributed by atoms with E-state index >= 15 is 0 Å². The van der Waals surface area contributed by atoms with Crippen LogP contribution in [0.2, 0.25) is 10.3 Å². The molecule has 0 aliphatic carbocycles. The molecule has 3 rings (SSSR count). The van der Waals surface area contributed by atoms with Crippen LogP contribution in [0, 0.1) is 0 Å². The molecule has 0 aliphatic rings. The van der Waals surface area contributed by atoms with Crippen LogP contribution in [0.4, 0.5) is 0 Å². The lowest BCUT2D eigenvalue weighted by Gasteiger charge is -2.08. The molecule has 0 bridgehead atoms. The summed E-state index contributed by atoms with van der Waals surface area (Å²) < 4.78 is 1.95. The van der Waals surface area contributed by atoms with E-state index in [1.54, 1.807) is 0 Å². The summed E-state index contributed by atoms with van der Waals surface area (Å²) in [7, 11) is 0. The Morgan fingerprint density at radius 1 is 0.952 bits per heavy atom. The molecule has 0 spiro atoms. The van der Waals surface area contributed by atoms with E-state index in [9.17, 15) is 0 Å². The summed E-state index contributed by atoms with van der Waals surface area (Å²) in [4.78, 5) is 9.64. The maximum absolute atomic E-state index is 6.32. The Labute approximate surface area is 152 Å². The van der Waals surface area contributed by atoms with Gasteiger partial charge in [0.05, 0.1) is 14.2 Å². The van der Waals surface area contributed by atoms with Crippen molar-refractivity contribution in [3.8, 4) is 21.8 Å². The summed E-state index contributed by atoms with van der Waals surface area (Å²) in [5, 5.41) is 0.681. The maximum Gasteiger partial charge on any atom is 0.172 e. The molecule has 1 aromatic carbocycles.